The number of ether oxygens (including phenoxy) is 4. The minimum absolute atomic E-state index is 0.257. The number of carbonyl (C=O) groups excluding carboxylic acids is 8. The van der Waals surface area contributed by atoms with Crippen LogP contribution in [-0.4, -0.2) is 163 Å². The average Bonchev–Trinajstić information content (AvgIpc) is 2.25. The topological polar surface area (TPSA) is 235 Å². The molecular weight excluding hydrogens is 1160 g/mol. The van der Waals surface area contributed by atoms with E-state index in [1.54, 1.807) is 88.7 Å². The number of nitrogens with one attached hydrogen (secondary N) is 4. The molecule has 0 radical (unpaired) electrons. The zero-order chi connectivity index (χ0) is 63.9. The molecule has 4 heterocycles. The number of hydrogen-bond donors (Lipinski definition) is 4. The van der Waals surface area contributed by atoms with Gasteiger partial charge < -0.3 is 50.0 Å². The van der Waals surface area contributed by atoms with Crippen LogP contribution < -0.4 is 21.3 Å². The summed E-state index contributed by atoms with van der Waals surface area (Å²) in [5.74, 6) is -1.07. The lowest BCUT2D eigenvalue weighted by atomic mass is 9.83. The van der Waals surface area contributed by atoms with Gasteiger partial charge in [-0.1, -0.05) is 100 Å². The number of hydrogen-bond acceptors (Lipinski definition) is 14. The molecule has 0 saturated carbocycles. The second-order valence-corrected chi connectivity index (χ2v) is 30.4. The van der Waals surface area contributed by atoms with Crippen molar-refractivity contribution < 1.29 is 57.3 Å². The summed E-state index contributed by atoms with van der Waals surface area (Å²) in [6.45, 7) is 22.2. The number of nitrogens with zero attached hydrogens (tertiary/aromatic N) is 4. The van der Waals surface area contributed by atoms with Crippen molar-refractivity contribution in [2.75, 3.05) is 25.6 Å². The first-order chi connectivity index (χ1) is 41.3. The van der Waals surface area contributed by atoms with Gasteiger partial charge in [0.25, 0.3) is 0 Å². The molecule has 3 aromatic rings. The van der Waals surface area contributed by atoms with Crippen molar-refractivity contribution in [1.82, 2.24) is 40.9 Å². The molecule has 478 valence electrons. The normalized spacial score (nSPS) is 26.8. The van der Waals surface area contributed by atoms with Crippen LogP contribution in [0.3, 0.4) is 0 Å². The van der Waals surface area contributed by atoms with Crippen LogP contribution in [0, 0.1) is 10.8 Å². The standard InChI is InChI=1S/C66H90N8O12S2/c1-37(71(13)61(81)85-63(3,4)5)55(75)67-45-27-29-87-49-33-65(9,10)53(73(49)59(45)79)57(77)69-51-43-21-17-15-19-41(43)31-47(51)83-35-39-23-25-40(26-24-39)36-84-48-32-42-20-16-18-22-44(42)52(48)70-58(78)54-66(11,12)34-50-74(54)60(80)46(28-30-88-50)68-56(76)38(2)72(14)62(82)86-64(6,7)8/h15-26,37-38,45-54H,27-36H2,1-14H3,(H,67,75)(H,68,76)(H,69,77)(H,70,78)/t37-,38-,45-,46-,47+,48+,49-,50-,51-,52-,53+,54+/m0/s1. The molecule has 2 aliphatic carbocycles. The molecule has 0 bridgehead atoms. The third-order valence-corrected chi connectivity index (χ3v) is 20.4. The predicted octanol–water partition coefficient (Wildman–Crippen LogP) is 7.94. The van der Waals surface area contributed by atoms with Crippen LogP contribution in [0.25, 0.3) is 0 Å². The Hall–Kier alpha value is -6.36. The van der Waals surface area contributed by atoms with Crippen molar-refractivity contribution in [2.24, 2.45) is 10.8 Å². The van der Waals surface area contributed by atoms with E-state index in [9.17, 15) is 38.4 Å². The molecule has 8 amide bonds. The maximum absolute atomic E-state index is 14.9. The van der Waals surface area contributed by atoms with E-state index in [0.717, 1.165) is 33.4 Å². The second-order valence-electron chi connectivity index (χ2n) is 27.9. The van der Waals surface area contributed by atoms with E-state index >= 15 is 0 Å². The monoisotopic (exact) mass is 1250 g/mol. The lowest BCUT2D eigenvalue weighted by Gasteiger charge is -2.35. The van der Waals surface area contributed by atoms with Gasteiger partial charge in [-0.3, -0.25) is 38.6 Å². The first-order valence-corrected chi connectivity index (χ1v) is 32.9. The van der Waals surface area contributed by atoms with Crippen molar-refractivity contribution in [3.63, 3.8) is 0 Å². The van der Waals surface area contributed by atoms with Gasteiger partial charge in [0.05, 0.1) is 48.3 Å². The van der Waals surface area contributed by atoms with Crippen LogP contribution in [0.1, 0.15) is 154 Å². The number of likely N-dealkylation sites (N-methyl/N-ethyl adjacent to an activating group) is 2. The highest BCUT2D eigenvalue weighted by atomic mass is 32.2. The van der Waals surface area contributed by atoms with Crippen LogP contribution in [0.5, 0.6) is 0 Å². The van der Waals surface area contributed by atoms with Crippen LogP contribution in [0.4, 0.5) is 9.59 Å². The Morgan fingerprint density at radius 3 is 1.27 bits per heavy atom. The van der Waals surface area contributed by atoms with Gasteiger partial charge in [0, 0.05) is 26.9 Å². The zero-order valence-corrected chi connectivity index (χ0v) is 55.1. The number of fused-ring (bicyclic) bond motifs is 4. The highest BCUT2D eigenvalue weighted by molar-refractivity contribution is 8.00. The largest absolute Gasteiger partial charge is 0.444 e. The minimum atomic E-state index is -0.924. The summed E-state index contributed by atoms with van der Waals surface area (Å²) in [5.41, 5.74) is 3.13. The predicted molar refractivity (Wildman–Crippen MR) is 336 cm³/mol. The molecule has 20 nitrogen and oxygen atoms in total. The Morgan fingerprint density at radius 1 is 0.568 bits per heavy atom. The van der Waals surface area contributed by atoms with Crippen LogP contribution in [-0.2, 0) is 73.8 Å². The lowest BCUT2D eigenvalue weighted by Crippen LogP contribution is -2.58. The summed E-state index contributed by atoms with van der Waals surface area (Å²) in [7, 11) is 2.97. The minimum Gasteiger partial charge on any atom is -0.444 e. The molecular formula is C66H90N8O12S2. The van der Waals surface area contributed by atoms with E-state index in [1.165, 1.54) is 23.9 Å². The molecule has 4 N–H and O–H groups in total. The summed E-state index contributed by atoms with van der Waals surface area (Å²) >= 11 is 3.22. The van der Waals surface area contributed by atoms with Gasteiger partial charge in [-0.15, -0.1) is 23.5 Å². The fourth-order valence-electron chi connectivity index (χ4n) is 13.0. The number of benzene rings is 3. The summed E-state index contributed by atoms with van der Waals surface area (Å²) in [6, 6.07) is 17.6. The molecule has 4 saturated heterocycles. The van der Waals surface area contributed by atoms with E-state index in [-0.39, 0.29) is 47.6 Å². The van der Waals surface area contributed by atoms with E-state index in [1.807, 2.05) is 100 Å². The fourth-order valence-corrected chi connectivity index (χ4v) is 16.1. The van der Waals surface area contributed by atoms with Gasteiger partial charge in [0.15, 0.2) is 0 Å². The third kappa shape index (κ3) is 14.6. The molecule has 0 spiro atoms. The maximum atomic E-state index is 14.9. The van der Waals surface area contributed by atoms with E-state index in [2.05, 4.69) is 21.3 Å². The molecule has 4 aliphatic heterocycles. The molecule has 12 atom stereocenters. The van der Waals surface area contributed by atoms with Crippen molar-refractivity contribution in [3.8, 4) is 0 Å². The van der Waals surface area contributed by atoms with E-state index < -0.39 is 107 Å². The highest BCUT2D eigenvalue weighted by Gasteiger charge is 2.57. The van der Waals surface area contributed by atoms with Gasteiger partial charge in [-0.2, -0.15) is 0 Å². The highest BCUT2D eigenvalue weighted by Crippen LogP contribution is 2.49. The maximum Gasteiger partial charge on any atom is 0.410 e. The smallest absolute Gasteiger partial charge is 0.410 e. The molecule has 0 unspecified atom stereocenters. The first kappa shape index (κ1) is 66.1. The number of amides is 8. The zero-order valence-electron chi connectivity index (χ0n) is 53.4. The number of carbonyl (C=O) groups is 8. The first-order valence-electron chi connectivity index (χ1n) is 30.8. The van der Waals surface area contributed by atoms with Crippen molar-refractivity contribution in [1.29, 1.82) is 0 Å². The van der Waals surface area contributed by atoms with Gasteiger partial charge in [0.2, 0.25) is 35.4 Å². The van der Waals surface area contributed by atoms with Gasteiger partial charge in [0.1, 0.15) is 47.5 Å². The SMILES string of the molecule is C[C@@H](C(=O)N[C@H]1CCS[C@H]2CC(C)(C)[C@@H](C(=O)N[C@H]3c4ccccc4C[C@H]3OCc3ccc(CO[C@@H]4Cc5ccccc5[C@@H]4NC(=O)[C@H]4N5C(=O)[C@@H](NC(=O)[C@H](C)N(C)C(=O)OC(C)(C)C)CCS[C@H]5CC4(C)C)cc3)N2C1=O)N(C)C(=O)OC(C)(C)C. The molecule has 0 aromatic heterocycles. The van der Waals surface area contributed by atoms with E-state index in [4.69, 9.17) is 18.9 Å². The molecule has 22 heteroatoms. The Kier molecular flexibility index (Phi) is 19.7. The molecule has 6 aliphatic rings. The third-order valence-electron chi connectivity index (χ3n) is 17.9. The Labute approximate surface area is 526 Å². The van der Waals surface area contributed by atoms with Gasteiger partial charge in [-0.25, -0.2) is 9.59 Å². The summed E-state index contributed by atoms with van der Waals surface area (Å²) in [5, 5.41) is 12.0. The summed E-state index contributed by atoms with van der Waals surface area (Å²) < 4.78 is 24.4. The summed E-state index contributed by atoms with van der Waals surface area (Å²) in [6.07, 6.45) is 0.883. The molecule has 88 heavy (non-hydrogen) atoms. The lowest BCUT2D eigenvalue weighted by molar-refractivity contribution is -0.144. The quantitative estimate of drug-likeness (QED) is 0.107. The second kappa shape index (κ2) is 26.2. The van der Waals surface area contributed by atoms with Crippen molar-refractivity contribution in [3.05, 3.63) is 106 Å². The van der Waals surface area contributed by atoms with Crippen molar-refractivity contribution in [2.45, 2.75) is 217 Å². The number of thioether (sulfide) groups is 2. The Balaban J connectivity index is 0.826. The fraction of sp³-hybridized carbons (Fsp3) is 0.606. The molecule has 4 fully saturated rings. The Morgan fingerprint density at radius 2 is 0.920 bits per heavy atom. The average molecular weight is 1250 g/mol. The summed E-state index contributed by atoms with van der Waals surface area (Å²) in [4.78, 5) is 118. The van der Waals surface area contributed by atoms with Crippen molar-refractivity contribution >= 4 is 71.2 Å². The van der Waals surface area contributed by atoms with Crippen LogP contribution in [0.2, 0.25) is 0 Å². The molecule has 9 rings (SSSR count). The van der Waals surface area contributed by atoms with Crippen LogP contribution >= 0.6 is 23.5 Å². The van der Waals surface area contributed by atoms with Gasteiger partial charge in [-0.05, 0) is 137 Å². The van der Waals surface area contributed by atoms with Crippen LogP contribution in [0.15, 0.2) is 72.8 Å². The molecule has 3 aromatic carbocycles. The van der Waals surface area contributed by atoms with Gasteiger partial charge >= 0.3 is 12.2 Å². The van der Waals surface area contributed by atoms with E-state index in [0.29, 0.717) is 50.0 Å². The Bertz CT molecular complexity index is 2920. The number of rotatable bonds is 16.